The van der Waals surface area contributed by atoms with E-state index in [4.69, 9.17) is 9.47 Å². The molecule has 0 amide bonds. The average molecular weight is 363 g/mol. The van der Waals surface area contributed by atoms with E-state index in [9.17, 15) is 16.8 Å². The molecule has 0 radical (unpaired) electrons. The Balaban J connectivity index is 2.23. The van der Waals surface area contributed by atoms with Gasteiger partial charge in [0.05, 0.1) is 24.4 Å². The molecule has 1 aliphatic heterocycles. The number of methoxy groups -OCH3 is 2. The maximum Gasteiger partial charge on any atom is 0.243 e. The van der Waals surface area contributed by atoms with Gasteiger partial charge in [-0.15, -0.1) is 0 Å². The molecule has 0 unspecified atom stereocenters. The average Bonchev–Trinajstić information content (AvgIpc) is 2.53. The maximum atomic E-state index is 12.7. The minimum atomic E-state index is -3.69. The lowest BCUT2D eigenvalue weighted by molar-refractivity contribution is 0.343. The Hall–Kier alpha value is -1.32. The number of ether oxygens (including phenoxy) is 2. The summed E-state index contributed by atoms with van der Waals surface area (Å²) in [6, 6.07) is 4.41. The van der Waals surface area contributed by atoms with Crippen LogP contribution >= 0.6 is 0 Å². The molecule has 0 spiro atoms. The van der Waals surface area contributed by atoms with Gasteiger partial charge in [0.15, 0.2) is 11.5 Å². The van der Waals surface area contributed by atoms with E-state index in [0.29, 0.717) is 24.3 Å². The molecule has 0 N–H and O–H groups in total. The highest BCUT2D eigenvalue weighted by Gasteiger charge is 2.33. The minimum absolute atomic E-state index is 0.105. The first kappa shape index (κ1) is 18.0. The second kappa shape index (κ2) is 6.66. The Morgan fingerprint density at radius 2 is 1.57 bits per heavy atom. The monoisotopic (exact) mass is 363 g/mol. The van der Waals surface area contributed by atoms with Crippen LogP contribution in [0.1, 0.15) is 12.8 Å². The molecule has 23 heavy (non-hydrogen) atoms. The smallest absolute Gasteiger partial charge is 0.243 e. The van der Waals surface area contributed by atoms with Crippen LogP contribution in [0.4, 0.5) is 0 Å². The van der Waals surface area contributed by atoms with Crippen LogP contribution in [0.2, 0.25) is 0 Å². The van der Waals surface area contributed by atoms with Gasteiger partial charge in [-0.3, -0.25) is 0 Å². The van der Waals surface area contributed by atoms with Gasteiger partial charge in [-0.2, -0.15) is 4.31 Å². The lowest BCUT2D eigenvalue weighted by atomic mass is 10.2. The van der Waals surface area contributed by atoms with Gasteiger partial charge < -0.3 is 9.47 Å². The molecule has 1 aromatic carbocycles. The number of hydrogen-bond donors (Lipinski definition) is 0. The summed E-state index contributed by atoms with van der Waals surface area (Å²) < 4.78 is 60.1. The summed E-state index contributed by atoms with van der Waals surface area (Å²) in [6.07, 6.45) is 1.81. The molecule has 7 nitrogen and oxygen atoms in total. The highest BCUT2D eigenvalue weighted by atomic mass is 32.2. The third-order valence-electron chi connectivity index (χ3n) is 4.00. The van der Waals surface area contributed by atoms with Crippen molar-refractivity contribution in [3.8, 4) is 11.5 Å². The van der Waals surface area contributed by atoms with Gasteiger partial charge in [-0.05, 0) is 25.0 Å². The van der Waals surface area contributed by atoms with E-state index < -0.39 is 25.1 Å². The van der Waals surface area contributed by atoms with Crippen molar-refractivity contribution in [3.05, 3.63) is 18.2 Å². The lowest BCUT2D eigenvalue weighted by Crippen LogP contribution is -2.42. The van der Waals surface area contributed by atoms with Gasteiger partial charge in [0.1, 0.15) is 9.84 Å². The molecule has 0 bridgehead atoms. The van der Waals surface area contributed by atoms with Crippen LogP contribution < -0.4 is 9.47 Å². The zero-order valence-electron chi connectivity index (χ0n) is 13.4. The zero-order valence-corrected chi connectivity index (χ0v) is 15.0. The molecule has 1 aromatic rings. The van der Waals surface area contributed by atoms with Crippen LogP contribution in [0.25, 0.3) is 0 Å². The molecule has 1 aliphatic rings. The molecule has 0 saturated carbocycles. The first-order chi connectivity index (χ1) is 10.7. The Bertz CT molecular complexity index is 764. The lowest BCUT2D eigenvalue weighted by Gasteiger charge is -2.30. The normalized spacial score (nSPS) is 17.9. The van der Waals surface area contributed by atoms with Crippen molar-refractivity contribution in [2.24, 2.45) is 0 Å². The van der Waals surface area contributed by atoms with Crippen molar-refractivity contribution in [1.29, 1.82) is 0 Å². The summed E-state index contributed by atoms with van der Waals surface area (Å²) in [5.41, 5.74) is 0. The fraction of sp³-hybridized carbons (Fsp3) is 0.571. The number of nitrogens with zero attached hydrogens (tertiary/aromatic N) is 1. The topological polar surface area (TPSA) is 90.0 Å². The van der Waals surface area contributed by atoms with Crippen LogP contribution in [0.5, 0.6) is 11.5 Å². The number of piperidine rings is 1. The Morgan fingerprint density at radius 1 is 1.00 bits per heavy atom. The predicted octanol–water partition coefficient (Wildman–Crippen LogP) is 0.901. The van der Waals surface area contributed by atoms with E-state index in [1.807, 2.05) is 0 Å². The standard InChI is InChI=1S/C14H21NO6S2/c1-20-13-5-4-12(10-14(13)21-2)23(18,19)15-8-6-11(7-9-15)22(3,16)17/h4-5,10-11H,6-9H2,1-3H3. The molecular formula is C14H21NO6S2. The first-order valence-corrected chi connectivity index (χ1v) is 10.5. The first-order valence-electron chi connectivity index (χ1n) is 7.11. The van der Waals surface area contributed by atoms with Gasteiger partial charge >= 0.3 is 0 Å². The van der Waals surface area contributed by atoms with Gasteiger partial charge in [0.25, 0.3) is 0 Å². The highest BCUT2D eigenvalue weighted by molar-refractivity contribution is 7.91. The highest BCUT2D eigenvalue weighted by Crippen LogP contribution is 2.31. The summed E-state index contributed by atoms with van der Waals surface area (Å²) >= 11 is 0. The molecule has 0 aliphatic carbocycles. The van der Waals surface area contributed by atoms with Gasteiger partial charge in [-0.25, -0.2) is 16.8 Å². The second-order valence-corrected chi connectivity index (χ2v) is 9.71. The van der Waals surface area contributed by atoms with Crippen LogP contribution in [0.15, 0.2) is 23.1 Å². The Kier molecular flexibility index (Phi) is 5.22. The number of rotatable bonds is 5. The number of sulfone groups is 1. The van der Waals surface area contributed by atoms with E-state index in [-0.39, 0.29) is 18.0 Å². The quantitative estimate of drug-likeness (QED) is 0.772. The molecule has 2 rings (SSSR count). The Morgan fingerprint density at radius 3 is 2.04 bits per heavy atom. The van der Waals surface area contributed by atoms with E-state index in [0.717, 1.165) is 0 Å². The van der Waals surface area contributed by atoms with Gasteiger partial charge in [0, 0.05) is 25.4 Å². The third-order valence-corrected chi connectivity index (χ3v) is 7.58. The zero-order chi connectivity index (χ0) is 17.3. The van der Waals surface area contributed by atoms with Crippen LogP contribution in [0, 0.1) is 0 Å². The number of benzene rings is 1. The Labute approximate surface area is 137 Å². The second-order valence-electron chi connectivity index (χ2n) is 5.45. The SMILES string of the molecule is COc1ccc(S(=O)(=O)N2CCC(S(C)(=O)=O)CC2)cc1OC. The van der Waals surface area contributed by atoms with Gasteiger partial charge in [-0.1, -0.05) is 0 Å². The van der Waals surface area contributed by atoms with Crippen molar-refractivity contribution in [2.45, 2.75) is 23.0 Å². The molecular weight excluding hydrogens is 342 g/mol. The molecule has 0 aromatic heterocycles. The van der Waals surface area contributed by atoms with E-state index in [1.54, 1.807) is 0 Å². The van der Waals surface area contributed by atoms with Crippen molar-refractivity contribution in [2.75, 3.05) is 33.6 Å². The minimum Gasteiger partial charge on any atom is -0.493 e. The van der Waals surface area contributed by atoms with E-state index in [1.165, 1.54) is 43.0 Å². The van der Waals surface area contributed by atoms with Crippen molar-refractivity contribution in [1.82, 2.24) is 4.31 Å². The predicted molar refractivity (Wildman–Crippen MR) is 86.2 cm³/mol. The maximum absolute atomic E-state index is 12.7. The number of sulfonamides is 1. The fourth-order valence-electron chi connectivity index (χ4n) is 2.63. The van der Waals surface area contributed by atoms with Crippen LogP contribution in [0.3, 0.4) is 0 Å². The molecule has 1 heterocycles. The molecule has 9 heteroatoms. The van der Waals surface area contributed by atoms with E-state index in [2.05, 4.69) is 0 Å². The summed E-state index contributed by atoms with van der Waals surface area (Å²) in [5, 5.41) is -0.473. The third kappa shape index (κ3) is 3.78. The van der Waals surface area contributed by atoms with Crippen LogP contribution in [-0.2, 0) is 19.9 Å². The van der Waals surface area contributed by atoms with E-state index >= 15 is 0 Å². The summed E-state index contributed by atoms with van der Waals surface area (Å²) in [6.45, 7) is 0.378. The largest absolute Gasteiger partial charge is 0.493 e. The summed E-state index contributed by atoms with van der Waals surface area (Å²) in [5.74, 6) is 0.779. The van der Waals surface area contributed by atoms with Crippen molar-refractivity contribution >= 4 is 19.9 Å². The number of hydrogen-bond acceptors (Lipinski definition) is 6. The van der Waals surface area contributed by atoms with Crippen molar-refractivity contribution in [3.63, 3.8) is 0 Å². The molecule has 0 atom stereocenters. The summed E-state index contributed by atoms with van der Waals surface area (Å²) in [7, 11) is -3.91. The van der Waals surface area contributed by atoms with Crippen molar-refractivity contribution < 1.29 is 26.3 Å². The van der Waals surface area contributed by atoms with Gasteiger partial charge in [0.2, 0.25) is 10.0 Å². The molecule has 1 fully saturated rings. The fourth-order valence-corrected chi connectivity index (χ4v) is 5.18. The summed E-state index contributed by atoms with van der Waals surface area (Å²) in [4.78, 5) is 0.105. The molecule has 130 valence electrons. The molecule has 1 saturated heterocycles. The van der Waals surface area contributed by atoms with Crippen LogP contribution in [-0.4, -0.2) is 60.0 Å².